The van der Waals surface area contributed by atoms with Gasteiger partial charge in [0.25, 0.3) is 0 Å². The van der Waals surface area contributed by atoms with E-state index in [-0.39, 0.29) is 0 Å². The Bertz CT molecular complexity index is 534. The van der Waals surface area contributed by atoms with E-state index in [1.54, 1.807) is 12.1 Å². The zero-order valence-electron chi connectivity index (χ0n) is 6.98. The van der Waals surface area contributed by atoms with Gasteiger partial charge in [-0.25, -0.2) is 4.98 Å². The van der Waals surface area contributed by atoms with Crippen LogP contribution in [0.15, 0.2) is 12.1 Å². The number of nitrogens with zero attached hydrogens (tertiary/aromatic N) is 3. The van der Waals surface area contributed by atoms with E-state index in [9.17, 15) is 0 Å². The molecule has 0 atom stereocenters. The molecule has 0 radical (unpaired) electrons. The number of aromatic nitrogens is 1. The number of nitriles is 2. The molecule has 0 bridgehead atoms. The minimum absolute atomic E-state index is 0.338. The van der Waals surface area contributed by atoms with E-state index in [1.807, 2.05) is 12.1 Å². The Hall–Kier alpha value is -2.11. The van der Waals surface area contributed by atoms with E-state index in [0.717, 1.165) is 4.70 Å². The van der Waals surface area contributed by atoms with Crippen LogP contribution in [-0.4, -0.2) is 4.98 Å². The van der Waals surface area contributed by atoms with Crippen molar-refractivity contribution >= 4 is 26.7 Å². The van der Waals surface area contributed by atoms with Crippen LogP contribution in [0.2, 0.25) is 0 Å². The quantitative estimate of drug-likeness (QED) is 0.700. The van der Waals surface area contributed by atoms with Crippen LogP contribution < -0.4 is 5.73 Å². The van der Waals surface area contributed by atoms with E-state index in [4.69, 9.17) is 16.3 Å². The summed E-state index contributed by atoms with van der Waals surface area (Å²) >= 11 is 1.31. The lowest BCUT2D eigenvalue weighted by Crippen LogP contribution is -1.83. The fraction of sp³-hybridized carbons (Fsp3) is 0. The molecule has 0 aliphatic rings. The molecule has 4 nitrogen and oxygen atoms in total. The second-order valence-electron chi connectivity index (χ2n) is 2.64. The second kappa shape index (κ2) is 2.99. The first-order valence-corrected chi connectivity index (χ1v) is 4.56. The van der Waals surface area contributed by atoms with Crippen LogP contribution >= 0.6 is 11.3 Å². The number of hydrogen-bond acceptors (Lipinski definition) is 5. The first kappa shape index (κ1) is 8.49. The summed E-state index contributed by atoms with van der Waals surface area (Å²) < 4.78 is 0.832. The van der Waals surface area contributed by atoms with Gasteiger partial charge in [0.05, 0.1) is 21.3 Å². The van der Waals surface area contributed by atoms with E-state index >= 15 is 0 Å². The van der Waals surface area contributed by atoms with Crippen LogP contribution in [0.4, 0.5) is 5.13 Å². The van der Waals surface area contributed by atoms with Crippen molar-refractivity contribution in [2.75, 3.05) is 5.73 Å². The molecule has 0 unspecified atom stereocenters. The van der Waals surface area contributed by atoms with Crippen molar-refractivity contribution in [3.8, 4) is 12.1 Å². The average molecular weight is 200 g/mol. The molecule has 0 aliphatic carbocycles. The highest BCUT2D eigenvalue weighted by Gasteiger charge is 2.07. The van der Waals surface area contributed by atoms with Gasteiger partial charge in [-0.1, -0.05) is 11.3 Å². The molecular weight excluding hydrogens is 196 g/mol. The Labute approximate surface area is 83.8 Å². The van der Waals surface area contributed by atoms with E-state index in [0.29, 0.717) is 21.8 Å². The first-order chi connectivity index (χ1) is 6.74. The summed E-state index contributed by atoms with van der Waals surface area (Å²) in [6.07, 6.45) is 0. The number of benzene rings is 1. The van der Waals surface area contributed by atoms with Crippen LogP contribution in [0.25, 0.3) is 10.2 Å². The number of nitrogen functional groups attached to an aromatic ring is 1. The Morgan fingerprint density at radius 1 is 1.21 bits per heavy atom. The highest BCUT2D eigenvalue weighted by Crippen LogP contribution is 2.26. The molecule has 14 heavy (non-hydrogen) atoms. The molecule has 0 spiro atoms. The fourth-order valence-electron chi connectivity index (χ4n) is 1.18. The number of hydrogen-bond donors (Lipinski definition) is 1. The summed E-state index contributed by atoms with van der Waals surface area (Å²) in [5, 5.41) is 18.0. The molecule has 0 amide bonds. The molecule has 0 saturated heterocycles. The SMILES string of the molecule is N#Cc1cc2nc(N)sc2cc1C#N. The summed E-state index contributed by atoms with van der Waals surface area (Å²) in [5.41, 5.74) is 6.89. The topological polar surface area (TPSA) is 86.5 Å². The molecule has 2 rings (SSSR count). The highest BCUT2D eigenvalue weighted by molar-refractivity contribution is 7.22. The summed E-state index contributed by atoms with van der Waals surface area (Å²) in [7, 11) is 0. The Morgan fingerprint density at radius 2 is 1.86 bits per heavy atom. The summed E-state index contributed by atoms with van der Waals surface area (Å²) in [6, 6.07) is 7.14. The van der Waals surface area contributed by atoms with Gasteiger partial charge in [0.15, 0.2) is 5.13 Å². The zero-order valence-corrected chi connectivity index (χ0v) is 7.80. The number of anilines is 1. The Kier molecular flexibility index (Phi) is 1.81. The first-order valence-electron chi connectivity index (χ1n) is 3.75. The number of nitrogens with two attached hydrogens (primary N) is 1. The molecular formula is C9H4N4S. The third kappa shape index (κ3) is 1.17. The molecule has 2 N–H and O–H groups in total. The van der Waals surface area contributed by atoms with Crippen molar-refractivity contribution in [2.24, 2.45) is 0 Å². The highest BCUT2D eigenvalue weighted by atomic mass is 32.1. The van der Waals surface area contributed by atoms with E-state index < -0.39 is 0 Å². The monoisotopic (exact) mass is 200 g/mol. The maximum Gasteiger partial charge on any atom is 0.181 e. The van der Waals surface area contributed by atoms with Crippen molar-refractivity contribution in [1.82, 2.24) is 4.98 Å². The predicted octanol–water partition coefficient (Wildman–Crippen LogP) is 1.62. The minimum atomic E-state index is 0.338. The van der Waals surface area contributed by atoms with Gasteiger partial charge in [-0.2, -0.15) is 10.5 Å². The molecule has 0 aliphatic heterocycles. The van der Waals surface area contributed by atoms with Gasteiger partial charge in [0.2, 0.25) is 0 Å². The summed E-state index contributed by atoms with van der Waals surface area (Å²) in [6.45, 7) is 0. The Balaban J connectivity index is 2.84. The Morgan fingerprint density at radius 3 is 2.50 bits per heavy atom. The number of fused-ring (bicyclic) bond motifs is 1. The van der Waals surface area contributed by atoms with Crippen LogP contribution in [0, 0.1) is 22.7 Å². The molecule has 1 aromatic carbocycles. The van der Waals surface area contributed by atoms with Crippen LogP contribution in [0.3, 0.4) is 0 Å². The third-order valence-electron chi connectivity index (χ3n) is 1.79. The summed E-state index contributed by atoms with van der Waals surface area (Å²) in [5.74, 6) is 0. The van der Waals surface area contributed by atoms with Gasteiger partial charge in [-0.15, -0.1) is 0 Å². The molecule has 5 heteroatoms. The number of thiazole rings is 1. The van der Waals surface area contributed by atoms with E-state index in [1.165, 1.54) is 11.3 Å². The van der Waals surface area contributed by atoms with Gasteiger partial charge < -0.3 is 5.73 Å². The van der Waals surface area contributed by atoms with Gasteiger partial charge in [0.1, 0.15) is 12.1 Å². The lowest BCUT2D eigenvalue weighted by molar-refractivity contribution is 1.43. The van der Waals surface area contributed by atoms with Crippen molar-refractivity contribution in [2.45, 2.75) is 0 Å². The smallest absolute Gasteiger partial charge is 0.181 e. The lowest BCUT2D eigenvalue weighted by atomic mass is 10.1. The predicted molar refractivity (Wildman–Crippen MR) is 53.5 cm³/mol. The van der Waals surface area contributed by atoms with Crippen molar-refractivity contribution < 1.29 is 0 Å². The van der Waals surface area contributed by atoms with Gasteiger partial charge >= 0.3 is 0 Å². The van der Waals surface area contributed by atoms with Crippen LogP contribution in [0.5, 0.6) is 0 Å². The maximum absolute atomic E-state index is 8.77. The largest absolute Gasteiger partial charge is 0.375 e. The maximum atomic E-state index is 8.77. The normalized spacial score (nSPS) is 9.57. The van der Waals surface area contributed by atoms with Crippen LogP contribution in [-0.2, 0) is 0 Å². The molecule has 1 heterocycles. The van der Waals surface area contributed by atoms with Gasteiger partial charge in [-0.05, 0) is 12.1 Å². The van der Waals surface area contributed by atoms with Gasteiger partial charge in [0, 0.05) is 0 Å². The third-order valence-corrected chi connectivity index (χ3v) is 2.63. The second-order valence-corrected chi connectivity index (χ2v) is 3.70. The van der Waals surface area contributed by atoms with Gasteiger partial charge in [-0.3, -0.25) is 0 Å². The molecule has 0 saturated carbocycles. The minimum Gasteiger partial charge on any atom is -0.375 e. The lowest BCUT2D eigenvalue weighted by Gasteiger charge is -1.92. The average Bonchev–Trinajstić information content (AvgIpc) is 2.54. The molecule has 1 aromatic heterocycles. The van der Waals surface area contributed by atoms with Crippen molar-refractivity contribution in [3.63, 3.8) is 0 Å². The van der Waals surface area contributed by atoms with Crippen molar-refractivity contribution in [3.05, 3.63) is 23.3 Å². The summed E-state index contributed by atoms with van der Waals surface area (Å²) in [4.78, 5) is 4.03. The molecule has 0 fully saturated rings. The molecule has 2 aromatic rings. The van der Waals surface area contributed by atoms with Crippen molar-refractivity contribution in [1.29, 1.82) is 10.5 Å². The number of rotatable bonds is 0. The van der Waals surface area contributed by atoms with Crippen LogP contribution in [0.1, 0.15) is 11.1 Å². The van der Waals surface area contributed by atoms with E-state index in [2.05, 4.69) is 4.98 Å². The zero-order chi connectivity index (χ0) is 10.1. The fourth-order valence-corrected chi connectivity index (χ4v) is 1.93. The standard InChI is InChI=1S/C9H4N4S/c10-3-5-1-7-8(2-6(5)4-11)14-9(12)13-7/h1-2H,(H2,12,13). The molecule has 66 valence electrons.